The molecule has 0 aromatic heterocycles. The Bertz CT molecular complexity index is 508. The number of aliphatic hydroxyl groups is 2. The van der Waals surface area contributed by atoms with E-state index in [-0.39, 0.29) is 18.8 Å². The van der Waals surface area contributed by atoms with E-state index >= 15 is 0 Å². The lowest BCUT2D eigenvalue weighted by atomic mass is 9.91. The lowest BCUT2D eigenvalue weighted by Crippen LogP contribution is -2.47. The summed E-state index contributed by atoms with van der Waals surface area (Å²) in [5.74, 6) is 1.57. The zero-order valence-electron chi connectivity index (χ0n) is 15.6. The topological polar surface area (TPSA) is 62.2 Å². The van der Waals surface area contributed by atoms with Crippen LogP contribution in [0.4, 0.5) is 0 Å². The van der Waals surface area contributed by atoms with Gasteiger partial charge in [-0.25, -0.2) is 0 Å². The van der Waals surface area contributed by atoms with Gasteiger partial charge in [-0.05, 0) is 50.8 Å². The summed E-state index contributed by atoms with van der Waals surface area (Å²) in [4.78, 5) is 2.24. The van der Waals surface area contributed by atoms with E-state index < -0.39 is 0 Å². The third-order valence-corrected chi connectivity index (χ3v) is 4.85. The smallest absolute Gasteiger partial charge is 0.161 e. The van der Waals surface area contributed by atoms with Crippen molar-refractivity contribution in [2.24, 2.45) is 0 Å². The van der Waals surface area contributed by atoms with Gasteiger partial charge in [0.05, 0.1) is 25.9 Å². The molecule has 0 saturated heterocycles. The van der Waals surface area contributed by atoms with Gasteiger partial charge in [0.2, 0.25) is 0 Å². The van der Waals surface area contributed by atoms with E-state index in [2.05, 4.69) is 11.0 Å². The first-order chi connectivity index (χ1) is 12.2. The van der Waals surface area contributed by atoms with Crippen LogP contribution in [0.15, 0.2) is 18.2 Å². The van der Waals surface area contributed by atoms with E-state index in [4.69, 9.17) is 9.47 Å². The highest BCUT2D eigenvalue weighted by Crippen LogP contribution is 2.29. The summed E-state index contributed by atoms with van der Waals surface area (Å²) in [6.07, 6.45) is 4.70. The fourth-order valence-corrected chi connectivity index (χ4v) is 3.61. The molecule has 0 spiro atoms. The summed E-state index contributed by atoms with van der Waals surface area (Å²) < 4.78 is 11.3. The maximum Gasteiger partial charge on any atom is 0.161 e. The highest BCUT2D eigenvalue weighted by Gasteiger charge is 2.28. The Hall–Kier alpha value is -1.30. The highest BCUT2D eigenvalue weighted by molar-refractivity contribution is 5.43. The van der Waals surface area contributed by atoms with Crippen LogP contribution in [0.5, 0.6) is 11.5 Å². The van der Waals surface area contributed by atoms with Gasteiger partial charge in [0, 0.05) is 19.1 Å². The van der Waals surface area contributed by atoms with Gasteiger partial charge < -0.3 is 19.7 Å². The van der Waals surface area contributed by atoms with E-state index in [1.165, 1.54) is 5.56 Å². The number of rotatable bonds is 10. The summed E-state index contributed by atoms with van der Waals surface area (Å²) in [6.45, 7) is 6.70. The molecule has 1 aromatic rings. The first-order valence-electron chi connectivity index (χ1n) is 9.61. The molecule has 0 aliphatic heterocycles. The minimum Gasteiger partial charge on any atom is -0.490 e. The van der Waals surface area contributed by atoms with Crippen molar-refractivity contribution >= 4 is 0 Å². The molecule has 1 aliphatic rings. The molecule has 1 fully saturated rings. The van der Waals surface area contributed by atoms with Crippen LogP contribution < -0.4 is 9.47 Å². The van der Waals surface area contributed by atoms with Gasteiger partial charge in [-0.2, -0.15) is 0 Å². The van der Waals surface area contributed by atoms with Gasteiger partial charge >= 0.3 is 0 Å². The number of aliphatic hydroxyl groups excluding tert-OH is 2. The maximum atomic E-state index is 10.3. The lowest BCUT2D eigenvalue weighted by molar-refractivity contribution is 0.0132. The van der Waals surface area contributed by atoms with Gasteiger partial charge in [-0.15, -0.1) is 0 Å². The Labute approximate surface area is 151 Å². The van der Waals surface area contributed by atoms with Gasteiger partial charge in [0.15, 0.2) is 11.5 Å². The van der Waals surface area contributed by atoms with Crippen LogP contribution >= 0.6 is 0 Å². The van der Waals surface area contributed by atoms with Crippen LogP contribution in [0, 0.1) is 0 Å². The molecule has 25 heavy (non-hydrogen) atoms. The molecule has 0 amide bonds. The quantitative estimate of drug-likeness (QED) is 0.678. The zero-order chi connectivity index (χ0) is 18.1. The molecule has 142 valence electrons. The van der Waals surface area contributed by atoms with E-state index in [1.807, 2.05) is 26.0 Å². The first-order valence-corrected chi connectivity index (χ1v) is 9.61. The van der Waals surface area contributed by atoms with Crippen molar-refractivity contribution in [3.63, 3.8) is 0 Å². The monoisotopic (exact) mass is 351 g/mol. The minimum absolute atomic E-state index is 0.122. The van der Waals surface area contributed by atoms with Crippen LogP contribution in [-0.2, 0) is 6.42 Å². The van der Waals surface area contributed by atoms with Crippen molar-refractivity contribution < 1.29 is 19.7 Å². The molecular formula is C20H33NO4. The molecule has 5 heteroatoms. The predicted octanol–water partition coefficient (Wildman–Crippen LogP) is 2.62. The molecular weight excluding hydrogens is 318 g/mol. The van der Waals surface area contributed by atoms with Crippen molar-refractivity contribution in [2.45, 2.75) is 58.1 Å². The standard InChI is InChI=1S/C20H33NO4/c1-3-24-19-10-9-16(15-20(19)25-4-2)11-12-21(13-14-22)17-7-5-6-8-18(17)23/h9-10,15,17-18,22-23H,3-8,11-14H2,1-2H3. The summed E-state index contributed by atoms with van der Waals surface area (Å²) in [5.41, 5.74) is 1.18. The molecule has 2 rings (SSSR count). The van der Waals surface area contributed by atoms with Gasteiger partial charge in [-0.3, -0.25) is 4.90 Å². The first kappa shape index (κ1) is 20.0. The summed E-state index contributed by atoms with van der Waals surface area (Å²) in [6, 6.07) is 6.25. The van der Waals surface area contributed by atoms with Crippen molar-refractivity contribution in [3.05, 3.63) is 23.8 Å². The second-order valence-corrected chi connectivity index (χ2v) is 6.58. The summed E-state index contributed by atoms with van der Waals surface area (Å²) in [5, 5.41) is 19.7. The summed E-state index contributed by atoms with van der Waals surface area (Å²) in [7, 11) is 0. The van der Waals surface area contributed by atoms with Crippen molar-refractivity contribution in [3.8, 4) is 11.5 Å². The van der Waals surface area contributed by atoms with Crippen LogP contribution in [0.1, 0.15) is 45.1 Å². The van der Waals surface area contributed by atoms with E-state index in [0.717, 1.165) is 50.1 Å². The van der Waals surface area contributed by atoms with Crippen LogP contribution in [0.25, 0.3) is 0 Å². The average molecular weight is 351 g/mol. The van der Waals surface area contributed by atoms with Gasteiger partial charge in [-0.1, -0.05) is 18.9 Å². The molecule has 1 aromatic carbocycles. The second-order valence-electron chi connectivity index (χ2n) is 6.58. The Balaban J connectivity index is 2.02. The fourth-order valence-electron chi connectivity index (χ4n) is 3.61. The predicted molar refractivity (Wildman–Crippen MR) is 99.4 cm³/mol. The van der Waals surface area contributed by atoms with Gasteiger partial charge in [0.1, 0.15) is 0 Å². The molecule has 2 atom stereocenters. The second kappa shape index (κ2) is 10.6. The SMILES string of the molecule is CCOc1ccc(CCN(CCO)C2CCCCC2O)cc1OCC. The molecule has 1 aliphatic carbocycles. The van der Waals surface area contributed by atoms with Crippen LogP contribution in [0.2, 0.25) is 0 Å². The maximum absolute atomic E-state index is 10.3. The Kier molecular flexibility index (Phi) is 8.52. The van der Waals surface area contributed by atoms with E-state index in [1.54, 1.807) is 0 Å². The summed E-state index contributed by atoms with van der Waals surface area (Å²) >= 11 is 0. The number of benzene rings is 1. The van der Waals surface area contributed by atoms with E-state index in [9.17, 15) is 10.2 Å². The molecule has 1 saturated carbocycles. The van der Waals surface area contributed by atoms with Gasteiger partial charge in [0.25, 0.3) is 0 Å². The van der Waals surface area contributed by atoms with E-state index in [0.29, 0.717) is 19.8 Å². The molecule has 0 bridgehead atoms. The minimum atomic E-state index is -0.278. The third-order valence-electron chi connectivity index (χ3n) is 4.85. The normalized spacial score (nSPS) is 20.7. The highest BCUT2D eigenvalue weighted by atomic mass is 16.5. The molecule has 5 nitrogen and oxygen atoms in total. The van der Waals surface area contributed by atoms with Crippen molar-refractivity contribution in [2.75, 3.05) is 32.9 Å². The molecule has 2 N–H and O–H groups in total. The number of hydrogen-bond donors (Lipinski definition) is 2. The Morgan fingerprint density at radius 1 is 1.04 bits per heavy atom. The molecule has 0 heterocycles. The average Bonchev–Trinajstić information content (AvgIpc) is 2.61. The number of ether oxygens (including phenoxy) is 2. The Morgan fingerprint density at radius 2 is 1.76 bits per heavy atom. The fraction of sp³-hybridized carbons (Fsp3) is 0.700. The Morgan fingerprint density at radius 3 is 2.44 bits per heavy atom. The zero-order valence-corrected chi connectivity index (χ0v) is 15.6. The van der Waals surface area contributed by atoms with Crippen molar-refractivity contribution in [1.82, 2.24) is 4.90 Å². The number of nitrogens with zero attached hydrogens (tertiary/aromatic N) is 1. The van der Waals surface area contributed by atoms with Crippen molar-refractivity contribution in [1.29, 1.82) is 0 Å². The molecule has 0 radical (unpaired) electrons. The lowest BCUT2D eigenvalue weighted by Gasteiger charge is -2.37. The molecule has 2 unspecified atom stereocenters. The number of hydrogen-bond acceptors (Lipinski definition) is 5. The van der Waals surface area contributed by atoms with Crippen LogP contribution in [0.3, 0.4) is 0 Å². The third kappa shape index (κ3) is 5.87. The van der Waals surface area contributed by atoms with Crippen LogP contribution in [-0.4, -0.2) is 60.2 Å². The largest absolute Gasteiger partial charge is 0.490 e.